The van der Waals surface area contributed by atoms with Crippen molar-refractivity contribution >= 4 is 5.91 Å². The van der Waals surface area contributed by atoms with Crippen molar-refractivity contribution in [2.75, 3.05) is 19.8 Å². The fourth-order valence-electron chi connectivity index (χ4n) is 4.07. The highest BCUT2D eigenvalue weighted by Crippen LogP contribution is 2.27. The maximum Gasteiger partial charge on any atom is 0.246 e. The van der Waals surface area contributed by atoms with Gasteiger partial charge in [0.25, 0.3) is 0 Å². The molecule has 4 N–H and O–H groups in total. The quantitative estimate of drug-likeness (QED) is 0.740. The van der Waals surface area contributed by atoms with Crippen LogP contribution in [0.25, 0.3) is 0 Å². The number of amides is 1. The summed E-state index contributed by atoms with van der Waals surface area (Å²) in [4.78, 5) is 11.1. The summed E-state index contributed by atoms with van der Waals surface area (Å²) in [7, 11) is 0. The molecule has 0 bridgehead atoms. The molecule has 5 heteroatoms. The number of nitrogens with one attached hydrogen (secondary N) is 1. The van der Waals surface area contributed by atoms with E-state index < -0.39 is 0 Å². The molecule has 5 nitrogen and oxygen atoms in total. The zero-order valence-electron chi connectivity index (χ0n) is 14.3. The summed E-state index contributed by atoms with van der Waals surface area (Å²) < 4.78 is 5.24. The molecule has 134 valence electrons. The van der Waals surface area contributed by atoms with E-state index in [1.165, 1.54) is 64.2 Å². The monoisotopic (exact) mass is 326 g/mol. The van der Waals surface area contributed by atoms with E-state index in [2.05, 4.69) is 5.32 Å². The number of aliphatic hydroxyl groups is 1. The van der Waals surface area contributed by atoms with Gasteiger partial charge in [0.1, 0.15) is 6.61 Å². The second kappa shape index (κ2) is 10.3. The maximum atomic E-state index is 11.1. The fourth-order valence-corrected chi connectivity index (χ4v) is 4.07. The average molecular weight is 326 g/mol. The molecule has 1 aliphatic heterocycles. The summed E-state index contributed by atoms with van der Waals surface area (Å²) in [6.07, 6.45) is 12.9. The van der Waals surface area contributed by atoms with Crippen molar-refractivity contribution in [1.82, 2.24) is 5.32 Å². The van der Waals surface area contributed by atoms with Crippen molar-refractivity contribution in [3.8, 4) is 0 Å². The van der Waals surface area contributed by atoms with Gasteiger partial charge in [-0.15, -0.1) is 0 Å². The zero-order chi connectivity index (χ0) is 16.5. The molecule has 3 aliphatic rings. The van der Waals surface area contributed by atoms with Gasteiger partial charge in [-0.3, -0.25) is 4.79 Å². The van der Waals surface area contributed by atoms with Crippen LogP contribution in [-0.2, 0) is 9.53 Å². The Labute approximate surface area is 140 Å². The third kappa shape index (κ3) is 6.40. The van der Waals surface area contributed by atoms with Gasteiger partial charge in [0, 0.05) is 6.04 Å². The van der Waals surface area contributed by atoms with Crippen molar-refractivity contribution in [2.45, 2.75) is 76.3 Å². The van der Waals surface area contributed by atoms with Crippen LogP contribution in [-0.4, -0.2) is 42.9 Å². The van der Waals surface area contributed by atoms with Crippen LogP contribution in [0.3, 0.4) is 0 Å². The van der Waals surface area contributed by atoms with Crippen LogP contribution in [0.15, 0.2) is 0 Å². The summed E-state index contributed by atoms with van der Waals surface area (Å²) in [5.41, 5.74) is 5.70. The first-order valence-corrected chi connectivity index (χ1v) is 9.44. The molecule has 1 heterocycles. The van der Waals surface area contributed by atoms with Crippen LogP contribution in [0.5, 0.6) is 0 Å². The van der Waals surface area contributed by atoms with E-state index in [-0.39, 0.29) is 25.2 Å². The first-order chi connectivity index (χ1) is 11.2. The van der Waals surface area contributed by atoms with E-state index in [4.69, 9.17) is 15.6 Å². The van der Waals surface area contributed by atoms with Gasteiger partial charge in [-0.25, -0.2) is 0 Å². The Morgan fingerprint density at radius 1 is 1.09 bits per heavy atom. The number of morpholine rings is 1. The second-order valence-corrected chi connectivity index (χ2v) is 7.33. The van der Waals surface area contributed by atoms with Crippen LogP contribution in [0, 0.1) is 11.8 Å². The number of hydrogen-bond acceptors (Lipinski definition) is 4. The molecule has 23 heavy (non-hydrogen) atoms. The molecule has 2 atom stereocenters. The first-order valence-electron chi connectivity index (χ1n) is 9.44. The lowest BCUT2D eigenvalue weighted by Crippen LogP contribution is -2.49. The fraction of sp³-hybridized carbons (Fsp3) is 0.944. The number of hydrogen-bond donors (Lipinski definition) is 3. The van der Waals surface area contributed by atoms with E-state index >= 15 is 0 Å². The number of nitrogens with two attached hydrogens (primary N) is 1. The predicted octanol–water partition coefficient (Wildman–Crippen LogP) is 1.97. The Hall–Kier alpha value is -0.650. The lowest BCUT2D eigenvalue weighted by Gasteiger charge is -2.33. The van der Waals surface area contributed by atoms with E-state index in [0.717, 1.165) is 6.61 Å². The van der Waals surface area contributed by atoms with Gasteiger partial charge >= 0.3 is 0 Å². The van der Waals surface area contributed by atoms with Crippen LogP contribution in [0.2, 0.25) is 0 Å². The maximum absolute atomic E-state index is 11.1. The van der Waals surface area contributed by atoms with Gasteiger partial charge in [0.05, 0.1) is 19.3 Å². The van der Waals surface area contributed by atoms with E-state index in [9.17, 15) is 4.79 Å². The van der Waals surface area contributed by atoms with Crippen molar-refractivity contribution in [1.29, 1.82) is 0 Å². The molecule has 3 rings (SSSR count). The van der Waals surface area contributed by atoms with Gasteiger partial charge in [-0.2, -0.15) is 0 Å². The molecule has 0 aromatic carbocycles. The normalized spacial score (nSPS) is 28.4. The van der Waals surface area contributed by atoms with E-state index in [0.29, 0.717) is 17.9 Å². The smallest absolute Gasteiger partial charge is 0.246 e. The minimum absolute atomic E-state index is 0.0419. The van der Waals surface area contributed by atoms with Crippen LogP contribution in [0.1, 0.15) is 64.2 Å². The standard InChI is InChI=1S/C10H17NO2.C8H17NO/c12-10-7-13-6-9(11-10)8-4-2-1-3-5-8;9-8(6-10)7-4-2-1-3-5-7/h8-9H,1-7H2,(H,11,12);7-8,10H,1-6,9H2. The highest BCUT2D eigenvalue weighted by Gasteiger charge is 2.27. The minimum Gasteiger partial charge on any atom is -0.395 e. The summed E-state index contributed by atoms with van der Waals surface area (Å²) >= 11 is 0. The SMILES string of the molecule is NC(CO)C1CCCCC1.O=C1COCC(C2CCCCC2)N1. The summed E-state index contributed by atoms with van der Waals surface area (Å²) in [6.45, 7) is 1.13. The van der Waals surface area contributed by atoms with E-state index in [1.807, 2.05) is 0 Å². The van der Waals surface area contributed by atoms with Crippen molar-refractivity contribution in [3.05, 3.63) is 0 Å². The number of aliphatic hydroxyl groups excluding tert-OH is 1. The molecule has 0 spiro atoms. The summed E-state index contributed by atoms with van der Waals surface area (Å²) in [5.74, 6) is 1.32. The Bertz CT molecular complexity index is 339. The Balaban J connectivity index is 0.000000174. The number of ether oxygens (including phenoxy) is 1. The topological polar surface area (TPSA) is 84.6 Å². The van der Waals surface area contributed by atoms with Crippen LogP contribution in [0.4, 0.5) is 0 Å². The lowest BCUT2D eigenvalue weighted by molar-refractivity contribution is -0.132. The van der Waals surface area contributed by atoms with E-state index in [1.54, 1.807) is 0 Å². The van der Waals surface area contributed by atoms with Gasteiger partial charge in [-0.1, -0.05) is 38.5 Å². The first kappa shape index (κ1) is 18.7. The molecule has 3 fully saturated rings. The zero-order valence-corrected chi connectivity index (χ0v) is 14.3. The molecular weight excluding hydrogens is 292 g/mol. The third-order valence-electron chi connectivity index (χ3n) is 5.56. The second-order valence-electron chi connectivity index (χ2n) is 7.33. The van der Waals surface area contributed by atoms with Crippen LogP contribution >= 0.6 is 0 Å². The molecule has 2 unspecified atom stereocenters. The Kier molecular flexibility index (Phi) is 8.34. The number of carbonyl (C=O) groups is 1. The van der Waals surface area contributed by atoms with Crippen LogP contribution < -0.4 is 11.1 Å². The lowest BCUT2D eigenvalue weighted by atomic mass is 9.84. The summed E-state index contributed by atoms with van der Waals surface area (Å²) in [6, 6.07) is 0.335. The van der Waals surface area contributed by atoms with Crippen molar-refractivity contribution in [3.63, 3.8) is 0 Å². The molecule has 0 radical (unpaired) electrons. The summed E-state index contributed by atoms with van der Waals surface area (Å²) in [5, 5.41) is 11.8. The van der Waals surface area contributed by atoms with Crippen molar-refractivity contribution < 1.29 is 14.6 Å². The molecule has 1 amide bonds. The molecule has 0 aromatic heterocycles. The van der Waals surface area contributed by atoms with Gasteiger partial charge in [0.2, 0.25) is 5.91 Å². The highest BCUT2D eigenvalue weighted by molar-refractivity contribution is 5.78. The molecule has 2 saturated carbocycles. The Morgan fingerprint density at radius 2 is 1.70 bits per heavy atom. The molecule has 2 aliphatic carbocycles. The highest BCUT2D eigenvalue weighted by atomic mass is 16.5. The largest absolute Gasteiger partial charge is 0.395 e. The third-order valence-corrected chi connectivity index (χ3v) is 5.56. The van der Waals surface area contributed by atoms with Gasteiger partial charge in [-0.05, 0) is 37.5 Å². The average Bonchev–Trinajstić information content (AvgIpc) is 2.63. The van der Waals surface area contributed by atoms with Crippen molar-refractivity contribution in [2.24, 2.45) is 17.6 Å². The van der Waals surface area contributed by atoms with Gasteiger partial charge < -0.3 is 20.9 Å². The number of rotatable bonds is 3. The predicted molar refractivity (Wildman–Crippen MR) is 91.0 cm³/mol. The molecule has 1 saturated heterocycles. The molecular formula is C18H34N2O3. The Morgan fingerprint density at radius 3 is 2.26 bits per heavy atom. The minimum atomic E-state index is 0.0419. The van der Waals surface area contributed by atoms with Gasteiger partial charge in [0.15, 0.2) is 0 Å². The molecule has 0 aromatic rings. The number of carbonyl (C=O) groups excluding carboxylic acids is 1.